The van der Waals surface area contributed by atoms with Crippen LogP contribution in [0.3, 0.4) is 0 Å². The lowest BCUT2D eigenvalue weighted by Gasteiger charge is -2.18. The van der Waals surface area contributed by atoms with Crippen molar-refractivity contribution in [1.29, 1.82) is 0 Å². The first-order valence-corrected chi connectivity index (χ1v) is 11.2. The van der Waals surface area contributed by atoms with Crippen molar-refractivity contribution in [2.45, 2.75) is 63.6 Å². The fourth-order valence-electron chi connectivity index (χ4n) is 3.17. The Labute approximate surface area is 182 Å². The summed E-state index contributed by atoms with van der Waals surface area (Å²) >= 11 is 1.64. The van der Waals surface area contributed by atoms with Gasteiger partial charge in [-0.1, -0.05) is 32.1 Å². The summed E-state index contributed by atoms with van der Waals surface area (Å²) < 4.78 is 56.8. The Bertz CT molecular complexity index is 849. The molecule has 0 aromatic carbocycles. The van der Waals surface area contributed by atoms with E-state index >= 15 is 0 Å². The fourth-order valence-corrected chi connectivity index (χ4v) is 3.91. The molecule has 0 bridgehead atoms. The maximum atomic E-state index is 13.1. The number of thioether (sulfide) groups is 1. The highest BCUT2D eigenvalue weighted by Gasteiger charge is 2.40. The molecule has 0 amide bonds. The summed E-state index contributed by atoms with van der Waals surface area (Å²) in [6.45, 7) is 2.27. The molecule has 1 aliphatic heterocycles. The first-order valence-electron chi connectivity index (χ1n) is 10.1. The van der Waals surface area contributed by atoms with Gasteiger partial charge in [-0.3, -0.25) is 14.3 Å². The minimum atomic E-state index is -4.90. The first kappa shape index (κ1) is 25.5. The molecule has 0 radical (unpaired) electrons. The lowest BCUT2D eigenvalue weighted by molar-refractivity contribution is -0.139. The van der Waals surface area contributed by atoms with Gasteiger partial charge in [-0.25, -0.2) is 4.79 Å². The number of unbranched alkanes of at least 4 members (excludes halogenated alkanes) is 3. The molecule has 1 saturated heterocycles. The molecule has 2 heterocycles. The number of alkyl halides is 3. The number of rotatable bonds is 12. The van der Waals surface area contributed by atoms with Crippen molar-refractivity contribution in [2.75, 3.05) is 24.9 Å². The lowest BCUT2D eigenvalue weighted by atomic mass is 10.2. The van der Waals surface area contributed by atoms with Gasteiger partial charge < -0.3 is 14.2 Å². The van der Waals surface area contributed by atoms with Crippen molar-refractivity contribution in [2.24, 2.45) is 0 Å². The molecule has 1 fully saturated rings. The molecule has 11 heteroatoms. The Balaban J connectivity index is 2.00. The van der Waals surface area contributed by atoms with Crippen LogP contribution >= 0.6 is 11.8 Å². The molecular formula is C20H27F3N2O5S. The van der Waals surface area contributed by atoms with Crippen LogP contribution in [0.4, 0.5) is 13.2 Å². The summed E-state index contributed by atoms with van der Waals surface area (Å²) in [6.07, 6.45) is 3.29. The fraction of sp³-hybridized carbons (Fsp3) is 0.700. The number of aromatic amines is 1. The summed E-state index contributed by atoms with van der Waals surface area (Å²) in [4.78, 5) is 25.3. The van der Waals surface area contributed by atoms with Crippen molar-refractivity contribution < 1.29 is 27.4 Å². The molecule has 7 nitrogen and oxygen atoms in total. The Hall–Kier alpha value is -1.74. The normalized spacial score (nSPS) is 21.3. The monoisotopic (exact) mass is 464 g/mol. The van der Waals surface area contributed by atoms with Gasteiger partial charge in [0, 0.05) is 12.6 Å². The van der Waals surface area contributed by atoms with Gasteiger partial charge in [0.05, 0.1) is 18.6 Å². The number of aromatic nitrogens is 2. The van der Waals surface area contributed by atoms with E-state index in [0.717, 1.165) is 16.7 Å². The zero-order valence-electron chi connectivity index (χ0n) is 17.3. The molecule has 0 saturated carbocycles. The first-order chi connectivity index (χ1) is 14.8. The van der Waals surface area contributed by atoms with Crippen molar-refractivity contribution in [1.82, 2.24) is 9.55 Å². The highest BCUT2D eigenvalue weighted by molar-refractivity contribution is 7.99. The number of H-pyrrole nitrogens is 1. The third-order valence-corrected chi connectivity index (χ3v) is 5.65. The van der Waals surface area contributed by atoms with E-state index < -0.39 is 41.4 Å². The van der Waals surface area contributed by atoms with Crippen LogP contribution < -0.4 is 11.2 Å². The number of ether oxygens (including phenoxy) is 3. The van der Waals surface area contributed by atoms with Crippen LogP contribution in [0.5, 0.6) is 0 Å². The number of hydrogen-bond donors (Lipinski definition) is 1. The van der Waals surface area contributed by atoms with E-state index in [9.17, 15) is 22.8 Å². The van der Waals surface area contributed by atoms with Gasteiger partial charge in [-0.2, -0.15) is 13.2 Å². The van der Waals surface area contributed by atoms with E-state index in [2.05, 4.69) is 12.8 Å². The van der Waals surface area contributed by atoms with Crippen molar-refractivity contribution in [3.63, 3.8) is 0 Å². The molecule has 0 aliphatic carbocycles. The van der Waals surface area contributed by atoms with Gasteiger partial charge in [-0.05, 0) is 12.2 Å². The smallest absolute Gasteiger partial charge is 0.368 e. The molecule has 1 aromatic heterocycles. The quantitative estimate of drug-likeness (QED) is 0.291. The maximum absolute atomic E-state index is 13.1. The topological polar surface area (TPSA) is 82.6 Å². The highest BCUT2D eigenvalue weighted by atomic mass is 32.2. The Morgan fingerprint density at radius 3 is 2.81 bits per heavy atom. The molecule has 174 valence electrons. The molecular weight excluding hydrogens is 437 g/mol. The maximum Gasteiger partial charge on any atom is 0.423 e. The van der Waals surface area contributed by atoms with E-state index in [1.165, 1.54) is 19.3 Å². The van der Waals surface area contributed by atoms with E-state index in [-0.39, 0.29) is 19.6 Å². The second kappa shape index (κ2) is 12.3. The van der Waals surface area contributed by atoms with Crippen LogP contribution in [-0.2, 0) is 20.4 Å². The van der Waals surface area contributed by atoms with E-state index in [1.54, 1.807) is 16.7 Å². The second-order valence-electron chi connectivity index (χ2n) is 7.08. The Kier molecular flexibility index (Phi) is 10.2. The van der Waals surface area contributed by atoms with E-state index in [1.807, 2.05) is 0 Å². The van der Waals surface area contributed by atoms with Crippen LogP contribution in [0.2, 0.25) is 0 Å². The van der Waals surface area contributed by atoms with Gasteiger partial charge >= 0.3 is 11.9 Å². The third kappa shape index (κ3) is 7.71. The number of hydrogen-bond acceptors (Lipinski definition) is 6. The summed E-state index contributed by atoms with van der Waals surface area (Å²) in [6, 6.07) is 0. The molecule has 2 rings (SSSR count). The standard InChI is InChI=1S/C20H27F3N2O5S/c1-3-5-6-7-9-31-13-28-12-16-15(29-8-4-2)10-17(30-16)25-11-14(20(21,22)23)18(26)24-19(25)27/h2,11,15-17H,3,5-10,12-13H2,1H3,(H,24,26,27)/t15-,16+,17+/m0/s1. The minimum absolute atomic E-state index is 0.0161. The van der Waals surface area contributed by atoms with E-state index in [0.29, 0.717) is 12.1 Å². The van der Waals surface area contributed by atoms with Crippen molar-refractivity contribution in [3.05, 3.63) is 32.6 Å². The molecule has 0 spiro atoms. The van der Waals surface area contributed by atoms with Crippen LogP contribution in [0.25, 0.3) is 0 Å². The molecule has 31 heavy (non-hydrogen) atoms. The molecule has 1 N–H and O–H groups in total. The average Bonchev–Trinajstić information content (AvgIpc) is 3.10. The molecule has 3 atom stereocenters. The van der Waals surface area contributed by atoms with Crippen molar-refractivity contribution in [3.8, 4) is 12.3 Å². The highest BCUT2D eigenvalue weighted by Crippen LogP contribution is 2.32. The summed E-state index contributed by atoms with van der Waals surface area (Å²) in [7, 11) is 0. The summed E-state index contributed by atoms with van der Waals surface area (Å²) in [5, 5.41) is 0. The summed E-state index contributed by atoms with van der Waals surface area (Å²) in [5.74, 6) is 3.74. The van der Waals surface area contributed by atoms with Gasteiger partial charge in [0.1, 0.15) is 24.5 Å². The van der Waals surface area contributed by atoms with Crippen LogP contribution in [0.15, 0.2) is 15.8 Å². The zero-order chi connectivity index (χ0) is 22.9. The Morgan fingerprint density at radius 2 is 2.13 bits per heavy atom. The van der Waals surface area contributed by atoms with Gasteiger partial charge in [-0.15, -0.1) is 18.2 Å². The lowest BCUT2D eigenvalue weighted by Crippen LogP contribution is -2.36. The van der Waals surface area contributed by atoms with Crippen LogP contribution in [-0.4, -0.2) is 46.7 Å². The predicted octanol–water partition coefficient (Wildman–Crippen LogP) is 3.15. The second-order valence-corrected chi connectivity index (χ2v) is 8.14. The molecule has 0 unspecified atom stereocenters. The molecule has 1 aliphatic rings. The minimum Gasteiger partial charge on any atom is -0.368 e. The number of halogens is 3. The van der Waals surface area contributed by atoms with Crippen LogP contribution in [0, 0.1) is 12.3 Å². The third-order valence-electron chi connectivity index (χ3n) is 4.74. The zero-order valence-corrected chi connectivity index (χ0v) is 18.1. The van der Waals surface area contributed by atoms with E-state index in [4.69, 9.17) is 20.6 Å². The number of nitrogens with zero attached hydrogens (tertiary/aromatic N) is 1. The summed E-state index contributed by atoms with van der Waals surface area (Å²) in [5.41, 5.74) is -3.97. The number of terminal acetylenes is 1. The van der Waals surface area contributed by atoms with Crippen molar-refractivity contribution >= 4 is 11.8 Å². The van der Waals surface area contributed by atoms with Gasteiger partial charge in [0.2, 0.25) is 0 Å². The average molecular weight is 465 g/mol. The molecule has 1 aromatic rings. The Morgan fingerprint density at radius 1 is 1.35 bits per heavy atom. The predicted molar refractivity (Wildman–Crippen MR) is 111 cm³/mol. The largest absolute Gasteiger partial charge is 0.423 e. The SMILES string of the molecule is C#CCO[C@H]1C[C@H](n2cc(C(F)(F)F)c(=O)[nH]c2=O)O[C@@H]1COCSCCCCCC. The number of nitrogens with one attached hydrogen (secondary N) is 1. The van der Waals surface area contributed by atoms with Crippen LogP contribution in [0.1, 0.15) is 50.8 Å². The van der Waals surface area contributed by atoms with Gasteiger partial charge in [0.25, 0.3) is 5.56 Å². The van der Waals surface area contributed by atoms with Gasteiger partial charge in [0.15, 0.2) is 0 Å².